The lowest BCUT2D eigenvalue weighted by atomic mass is 10.1. The maximum atomic E-state index is 11.0. The Morgan fingerprint density at radius 3 is 2.65 bits per heavy atom. The number of hydrogen-bond acceptors (Lipinski definition) is 10. The molecule has 1 aliphatic heterocycles. The molecule has 12 nitrogen and oxygen atoms in total. The number of nitrogens with zero attached hydrogens (tertiary/aromatic N) is 6. The van der Waals surface area contributed by atoms with Gasteiger partial charge in [0.05, 0.1) is 16.9 Å². The van der Waals surface area contributed by atoms with Crippen LogP contribution in [0.15, 0.2) is 55.0 Å². The highest BCUT2D eigenvalue weighted by Crippen LogP contribution is 2.39. The number of aromatic nitrogens is 6. The van der Waals surface area contributed by atoms with E-state index >= 15 is 0 Å². The number of aliphatic hydroxyl groups is 2. The SMILES string of the molecule is Cn1ccc(-c2cc([C@@H]3O[C@H](COc4ccc5ccc(NC(C)(C)C)nc5c4)[C@@H](O)[C@H]3O)n3ncnc(N)c23)n1. The number of ether oxygens (including phenoxy) is 2. The van der Waals surface area contributed by atoms with Gasteiger partial charge in [-0.15, -0.1) is 0 Å². The number of nitrogens with one attached hydrogen (secondary N) is 1. The minimum atomic E-state index is -1.22. The van der Waals surface area contributed by atoms with Crippen molar-refractivity contribution in [2.45, 2.75) is 50.7 Å². The fourth-order valence-electron chi connectivity index (χ4n) is 5.00. The van der Waals surface area contributed by atoms with Gasteiger partial charge in [-0.25, -0.2) is 14.5 Å². The molecule has 0 aliphatic carbocycles. The number of hydrogen-bond donors (Lipinski definition) is 4. The molecular formula is C28H32N8O4. The molecule has 5 heterocycles. The zero-order valence-electron chi connectivity index (χ0n) is 22.7. The van der Waals surface area contributed by atoms with E-state index in [9.17, 15) is 10.2 Å². The van der Waals surface area contributed by atoms with Gasteiger partial charge in [0.25, 0.3) is 0 Å². The third-order valence-corrected chi connectivity index (χ3v) is 6.83. The average Bonchev–Trinajstić information content (AvgIpc) is 3.58. The van der Waals surface area contributed by atoms with Gasteiger partial charge >= 0.3 is 0 Å². The fraction of sp³-hybridized carbons (Fsp3) is 0.357. The van der Waals surface area contributed by atoms with Gasteiger partial charge in [0, 0.05) is 35.8 Å². The third kappa shape index (κ3) is 4.81. The molecule has 1 aliphatic rings. The zero-order valence-corrected chi connectivity index (χ0v) is 22.7. The summed E-state index contributed by atoms with van der Waals surface area (Å²) in [7, 11) is 1.82. The van der Waals surface area contributed by atoms with Crippen LogP contribution >= 0.6 is 0 Å². The predicted octanol–water partition coefficient (Wildman–Crippen LogP) is 2.71. The topological polar surface area (TPSA) is 158 Å². The van der Waals surface area contributed by atoms with E-state index in [2.05, 4.69) is 41.3 Å². The average molecular weight is 545 g/mol. The molecule has 0 unspecified atom stereocenters. The molecular weight excluding hydrogens is 512 g/mol. The van der Waals surface area contributed by atoms with Crippen LogP contribution in [0.1, 0.15) is 32.6 Å². The van der Waals surface area contributed by atoms with Crippen molar-refractivity contribution in [3.63, 3.8) is 0 Å². The number of anilines is 2. The van der Waals surface area contributed by atoms with E-state index in [1.54, 1.807) is 9.20 Å². The minimum Gasteiger partial charge on any atom is -0.491 e. The van der Waals surface area contributed by atoms with Gasteiger partial charge in [-0.1, -0.05) is 0 Å². The zero-order chi connectivity index (χ0) is 28.2. The summed E-state index contributed by atoms with van der Waals surface area (Å²) >= 11 is 0. The Labute approximate surface area is 230 Å². The number of benzene rings is 1. The molecule has 5 N–H and O–H groups in total. The molecule has 0 saturated carbocycles. The highest BCUT2D eigenvalue weighted by atomic mass is 16.6. The number of nitrogen functional groups attached to an aromatic ring is 1. The quantitative estimate of drug-likeness (QED) is 0.250. The van der Waals surface area contributed by atoms with Gasteiger partial charge in [-0.3, -0.25) is 4.68 Å². The third-order valence-electron chi connectivity index (χ3n) is 6.83. The number of aliphatic hydroxyl groups excluding tert-OH is 2. The molecule has 1 aromatic carbocycles. The van der Waals surface area contributed by atoms with Gasteiger partial charge in [0.2, 0.25) is 0 Å². The summed E-state index contributed by atoms with van der Waals surface area (Å²) in [6.45, 7) is 6.24. The number of rotatable bonds is 6. The molecule has 4 aromatic heterocycles. The van der Waals surface area contributed by atoms with Crippen molar-refractivity contribution in [3.05, 3.63) is 60.7 Å². The summed E-state index contributed by atoms with van der Waals surface area (Å²) in [5, 5.41) is 35.1. The van der Waals surface area contributed by atoms with Crippen molar-refractivity contribution >= 4 is 28.1 Å². The van der Waals surface area contributed by atoms with E-state index in [0.29, 0.717) is 28.2 Å². The van der Waals surface area contributed by atoms with Crippen LogP contribution in [0.5, 0.6) is 5.75 Å². The Kier molecular flexibility index (Phi) is 6.32. The first-order chi connectivity index (χ1) is 19.1. The van der Waals surface area contributed by atoms with E-state index in [0.717, 1.165) is 16.7 Å². The van der Waals surface area contributed by atoms with Crippen molar-refractivity contribution in [3.8, 4) is 17.0 Å². The molecule has 12 heteroatoms. The lowest BCUT2D eigenvalue weighted by molar-refractivity contribution is -0.0187. The van der Waals surface area contributed by atoms with Crippen molar-refractivity contribution in [2.24, 2.45) is 7.05 Å². The molecule has 5 aromatic rings. The second-order valence-corrected chi connectivity index (χ2v) is 11.1. The Morgan fingerprint density at radius 1 is 1.10 bits per heavy atom. The van der Waals surface area contributed by atoms with E-state index in [-0.39, 0.29) is 18.0 Å². The highest BCUT2D eigenvalue weighted by Gasteiger charge is 2.45. The van der Waals surface area contributed by atoms with Crippen molar-refractivity contribution in [1.82, 2.24) is 29.4 Å². The van der Waals surface area contributed by atoms with Gasteiger partial charge in [-0.05, 0) is 57.2 Å². The maximum Gasteiger partial charge on any atom is 0.152 e. The van der Waals surface area contributed by atoms with Crippen LogP contribution < -0.4 is 15.8 Å². The summed E-state index contributed by atoms with van der Waals surface area (Å²) in [5.41, 5.74) is 9.30. The fourth-order valence-corrected chi connectivity index (χ4v) is 5.00. The monoisotopic (exact) mass is 544 g/mol. The highest BCUT2D eigenvalue weighted by molar-refractivity contribution is 5.87. The molecule has 1 fully saturated rings. The molecule has 1 saturated heterocycles. The van der Waals surface area contributed by atoms with Crippen LogP contribution in [0.25, 0.3) is 27.7 Å². The largest absolute Gasteiger partial charge is 0.491 e. The van der Waals surface area contributed by atoms with Crippen molar-refractivity contribution < 1.29 is 19.7 Å². The van der Waals surface area contributed by atoms with E-state index in [1.165, 1.54) is 6.33 Å². The minimum absolute atomic E-state index is 0.0215. The van der Waals surface area contributed by atoms with E-state index < -0.39 is 24.4 Å². The molecule has 0 radical (unpaired) electrons. The standard InChI is InChI=1S/C28H32N8O4/c1-28(2,3)33-22-8-6-15-5-7-16(11-19(15)32-22)39-13-21-24(37)25(38)26(40-21)20-12-17(18-9-10-35(4)34-18)23-27(29)30-14-31-36(20)23/h5-12,14,21,24-26,37-38H,13H2,1-4H3,(H,32,33)(H2,29,30,31)/t21-,24-,25-,26+/m1/s1. The van der Waals surface area contributed by atoms with Crippen LogP contribution in [0.3, 0.4) is 0 Å². The number of nitrogens with two attached hydrogens (primary N) is 1. The second kappa shape index (κ2) is 9.73. The number of aryl methyl sites for hydroxylation is 1. The Bertz CT molecular complexity index is 1690. The van der Waals surface area contributed by atoms with Crippen molar-refractivity contribution in [1.29, 1.82) is 0 Å². The van der Waals surface area contributed by atoms with E-state index in [4.69, 9.17) is 20.2 Å². The first kappa shape index (κ1) is 26.0. The molecule has 6 rings (SSSR count). The Balaban J connectivity index is 1.24. The van der Waals surface area contributed by atoms with Crippen LogP contribution in [0, 0.1) is 0 Å². The maximum absolute atomic E-state index is 11.0. The number of fused-ring (bicyclic) bond motifs is 2. The summed E-state index contributed by atoms with van der Waals surface area (Å²) in [5.74, 6) is 1.61. The van der Waals surface area contributed by atoms with Crippen LogP contribution in [0.4, 0.5) is 11.6 Å². The Hall–Kier alpha value is -4.26. The van der Waals surface area contributed by atoms with Crippen molar-refractivity contribution in [2.75, 3.05) is 17.7 Å². The van der Waals surface area contributed by atoms with Crippen LogP contribution in [-0.4, -0.2) is 70.0 Å². The molecule has 40 heavy (non-hydrogen) atoms. The lowest BCUT2D eigenvalue weighted by Gasteiger charge is -2.21. The molecule has 0 bridgehead atoms. The Morgan fingerprint density at radius 2 is 1.90 bits per heavy atom. The smallest absolute Gasteiger partial charge is 0.152 e. The van der Waals surface area contributed by atoms with Gasteiger partial charge in [-0.2, -0.15) is 10.2 Å². The summed E-state index contributed by atoms with van der Waals surface area (Å²) in [6, 6.07) is 13.2. The lowest BCUT2D eigenvalue weighted by Crippen LogP contribution is -2.34. The van der Waals surface area contributed by atoms with Crippen LogP contribution in [-0.2, 0) is 11.8 Å². The van der Waals surface area contributed by atoms with Crippen LogP contribution in [0.2, 0.25) is 0 Å². The van der Waals surface area contributed by atoms with Gasteiger partial charge in [0.1, 0.15) is 54.4 Å². The van der Waals surface area contributed by atoms with Gasteiger partial charge in [0.15, 0.2) is 5.82 Å². The normalized spacial score (nSPS) is 21.4. The molecule has 0 amide bonds. The molecule has 208 valence electrons. The first-order valence-corrected chi connectivity index (χ1v) is 13.0. The first-order valence-electron chi connectivity index (χ1n) is 13.0. The predicted molar refractivity (Wildman–Crippen MR) is 150 cm³/mol. The number of pyridine rings is 1. The summed E-state index contributed by atoms with van der Waals surface area (Å²) in [4.78, 5) is 8.83. The van der Waals surface area contributed by atoms with E-state index in [1.807, 2.05) is 55.7 Å². The summed E-state index contributed by atoms with van der Waals surface area (Å²) in [6.07, 6.45) is -0.922. The van der Waals surface area contributed by atoms with Gasteiger partial charge < -0.3 is 30.7 Å². The second-order valence-electron chi connectivity index (χ2n) is 11.1. The molecule has 0 spiro atoms. The summed E-state index contributed by atoms with van der Waals surface area (Å²) < 4.78 is 15.4. The molecule has 4 atom stereocenters.